The molecule has 0 spiro atoms. The van der Waals surface area contributed by atoms with Crippen LogP contribution in [0, 0.1) is 0 Å². The number of rotatable bonds is 7. The van der Waals surface area contributed by atoms with Gasteiger partial charge in [-0.1, -0.05) is 42.8 Å². The summed E-state index contributed by atoms with van der Waals surface area (Å²) in [7, 11) is 0. The van der Waals surface area contributed by atoms with Crippen LogP contribution in [0.4, 0.5) is 0 Å². The van der Waals surface area contributed by atoms with Crippen molar-refractivity contribution in [2.75, 3.05) is 6.61 Å². The highest BCUT2D eigenvalue weighted by atomic mass is 35.5. The average Bonchev–Trinajstić information content (AvgIpc) is 2.99. The maximum absolute atomic E-state index is 11.6. The number of halogens is 1. The molecule has 0 bridgehead atoms. The van der Waals surface area contributed by atoms with Crippen LogP contribution in [-0.2, 0) is 17.9 Å². The summed E-state index contributed by atoms with van der Waals surface area (Å²) < 4.78 is 7.86. The average molecular weight is 358 g/mol. The first-order valence-electron chi connectivity index (χ1n) is 8.27. The monoisotopic (exact) mass is 357 g/mol. The molecule has 0 saturated heterocycles. The van der Waals surface area contributed by atoms with Crippen molar-refractivity contribution >= 4 is 28.5 Å². The number of nitrogens with zero attached hydrogens (tertiary/aromatic N) is 2. The molecule has 0 unspecified atom stereocenters. The second-order valence-corrected chi connectivity index (χ2v) is 5.98. The van der Waals surface area contributed by atoms with Crippen molar-refractivity contribution in [1.29, 1.82) is 0 Å². The van der Waals surface area contributed by atoms with Gasteiger partial charge in [-0.05, 0) is 24.3 Å². The molecule has 0 radical (unpaired) electrons. The molecule has 0 saturated carbocycles. The van der Waals surface area contributed by atoms with Gasteiger partial charge in [-0.3, -0.25) is 4.79 Å². The van der Waals surface area contributed by atoms with Gasteiger partial charge < -0.3 is 14.6 Å². The number of fused-ring (bicyclic) bond motifs is 1. The second-order valence-electron chi connectivity index (χ2n) is 5.58. The highest BCUT2D eigenvalue weighted by molar-refractivity contribution is 6.32. The lowest BCUT2D eigenvalue weighted by Crippen LogP contribution is -2.24. The van der Waals surface area contributed by atoms with Crippen LogP contribution in [0.15, 0.2) is 48.5 Å². The molecule has 3 aromatic rings. The van der Waals surface area contributed by atoms with Crippen molar-refractivity contribution in [2.24, 2.45) is 0 Å². The van der Waals surface area contributed by atoms with E-state index in [0.717, 1.165) is 16.9 Å². The Morgan fingerprint density at radius 1 is 1.20 bits per heavy atom. The maximum atomic E-state index is 11.6. The van der Waals surface area contributed by atoms with Gasteiger partial charge in [-0.15, -0.1) is 0 Å². The van der Waals surface area contributed by atoms with Crippen LogP contribution < -0.4 is 10.1 Å². The molecule has 0 atom stereocenters. The lowest BCUT2D eigenvalue weighted by Gasteiger charge is -2.12. The molecule has 0 aliphatic rings. The number of benzene rings is 2. The Hall–Kier alpha value is -2.53. The molecule has 0 fully saturated rings. The van der Waals surface area contributed by atoms with Crippen LogP contribution in [0.5, 0.6) is 5.75 Å². The standard InChI is InChI=1S/C19H20ClN3O2/c1-2-19(24)21-13-18-22-15-8-4-5-9-16(15)23(18)11-12-25-17-10-6-3-7-14(17)20/h3-10H,2,11-13H2,1H3,(H,21,24). The van der Waals surface area contributed by atoms with Gasteiger partial charge in [0.1, 0.15) is 18.2 Å². The lowest BCUT2D eigenvalue weighted by atomic mass is 10.3. The van der Waals surface area contributed by atoms with E-state index in [-0.39, 0.29) is 5.91 Å². The lowest BCUT2D eigenvalue weighted by molar-refractivity contribution is -0.120. The van der Waals surface area contributed by atoms with Gasteiger partial charge in [0.05, 0.1) is 29.1 Å². The molecule has 25 heavy (non-hydrogen) atoms. The van der Waals surface area contributed by atoms with Gasteiger partial charge in [0.25, 0.3) is 0 Å². The number of ether oxygens (including phenoxy) is 1. The quantitative estimate of drug-likeness (QED) is 0.699. The number of amides is 1. The summed E-state index contributed by atoms with van der Waals surface area (Å²) in [4.78, 5) is 16.2. The summed E-state index contributed by atoms with van der Waals surface area (Å²) in [6, 6.07) is 15.3. The fourth-order valence-corrected chi connectivity index (χ4v) is 2.81. The van der Waals surface area contributed by atoms with Crippen molar-refractivity contribution in [3.8, 4) is 5.75 Å². The first-order chi connectivity index (χ1) is 12.2. The summed E-state index contributed by atoms with van der Waals surface area (Å²) in [6.45, 7) is 3.30. The molecule has 0 aliphatic heterocycles. The minimum Gasteiger partial charge on any atom is -0.490 e. The van der Waals surface area contributed by atoms with E-state index in [9.17, 15) is 4.79 Å². The van der Waals surface area contributed by atoms with Gasteiger partial charge in [0.15, 0.2) is 0 Å². The molecule has 1 amide bonds. The molecule has 0 aliphatic carbocycles. The molecule has 6 heteroatoms. The molecular formula is C19H20ClN3O2. The van der Waals surface area contributed by atoms with E-state index in [4.69, 9.17) is 16.3 Å². The number of carbonyl (C=O) groups is 1. The number of para-hydroxylation sites is 3. The molecule has 130 valence electrons. The van der Waals surface area contributed by atoms with Crippen molar-refractivity contribution in [1.82, 2.24) is 14.9 Å². The highest BCUT2D eigenvalue weighted by Crippen LogP contribution is 2.23. The molecule has 3 rings (SSSR count). The van der Waals surface area contributed by atoms with Crippen molar-refractivity contribution in [3.05, 3.63) is 59.4 Å². The summed E-state index contributed by atoms with van der Waals surface area (Å²) in [5.74, 6) is 1.48. The Balaban J connectivity index is 1.76. The Morgan fingerprint density at radius 2 is 1.96 bits per heavy atom. The zero-order chi connectivity index (χ0) is 17.6. The van der Waals surface area contributed by atoms with Crippen LogP contribution in [-0.4, -0.2) is 22.1 Å². The number of hydrogen-bond acceptors (Lipinski definition) is 3. The van der Waals surface area contributed by atoms with Gasteiger partial charge >= 0.3 is 0 Å². The smallest absolute Gasteiger partial charge is 0.220 e. The van der Waals surface area contributed by atoms with E-state index in [1.165, 1.54) is 0 Å². The van der Waals surface area contributed by atoms with E-state index < -0.39 is 0 Å². The van der Waals surface area contributed by atoms with Crippen LogP contribution in [0.2, 0.25) is 5.02 Å². The minimum atomic E-state index is 0.00548. The van der Waals surface area contributed by atoms with Crippen molar-refractivity contribution in [2.45, 2.75) is 26.4 Å². The molecular weight excluding hydrogens is 338 g/mol. The number of aromatic nitrogens is 2. The Morgan fingerprint density at radius 3 is 2.76 bits per heavy atom. The third-order valence-corrected chi connectivity index (χ3v) is 4.22. The van der Waals surface area contributed by atoms with Gasteiger partial charge in [0.2, 0.25) is 5.91 Å². The number of imidazole rings is 1. The SMILES string of the molecule is CCC(=O)NCc1nc2ccccc2n1CCOc1ccccc1Cl. The topological polar surface area (TPSA) is 56.2 Å². The largest absolute Gasteiger partial charge is 0.490 e. The van der Waals surface area contributed by atoms with Crippen LogP contribution >= 0.6 is 11.6 Å². The Kier molecular flexibility index (Phi) is 5.56. The third-order valence-electron chi connectivity index (χ3n) is 3.91. The third kappa shape index (κ3) is 4.12. The van der Waals surface area contributed by atoms with Crippen molar-refractivity contribution < 1.29 is 9.53 Å². The zero-order valence-electron chi connectivity index (χ0n) is 14.0. The van der Waals surface area contributed by atoms with Crippen LogP contribution in [0.25, 0.3) is 11.0 Å². The van der Waals surface area contributed by atoms with E-state index >= 15 is 0 Å². The van der Waals surface area contributed by atoms with Crippen LogP contribution in [0.3, 0.4) is 0 Å². The number of carbonyl (C=O) groups excluding carboxylic acids is 1. The molecule has 1 heterocycles. The fraction of sp³-hybridized carbons (Fsp3) is 0.263. The van der Waals surface area contributed by atoms with E-state index in [2.05, 4.69) is 14.9 Å². The Labute approximate surface area is 151 Å². The molecule has 5 nitrogen and oxygen atoms in total. The fourth-order valence-electron chi connectivity index (χ4n) is 2.62. The second kappa shape index (κ2) is 8.03. The molecule has 1 aromatic heterocycles. The van der Waals surface area contributed by atoms with E-state index in [1.807, 2.05) is 49.4 Å². The Bertz CT molecular complexity index is 876. The number of nitrogens with one attached hydrogen (secondary N) is 1. The first-order valence-corrected chi connectivity index (χ1v) is 8.65. The summed E-state index contributed by atoms with van der Waals surface area (Å²) >= 11 is 6.12. The van der Waals surface area contributed by atoms with Gasteiger partial charge in [-0.25, -0.2) is 4.98 Å². The van der Waals surface area contributed by atoms with Gasteiger partial charge in [0, 0.05) is 6.42 Å². The summed E-state index contributed by atoms with van der Waals surface area (Å²) in [5, 5.41) is 3.47. The predicted molar refractivity (Wildman–Crippen MR) is 98.8 cm³/mol. The summed E-state index contributed by atoms with van der Waals surface area (Å²) in [5.41, 5.74) is 1.92. The van der Waals surface area contributed by atoms with Crippen LogP contribution in [0.1, 0.15) is 19.2 Å². The van der Waals surface area contributed by atoms with E-state index in [1.54, 1.807) is 6.07 Å². The normalized spacial score (nSPS) is 10.8. The van der Waals surface area contributed by atoms with Crippen molar-refractivity contribution in [3.63, 3.8) is 0 Å². The van der Waals surface area contributed by atoms with E-state index in [0.29, 0.717) is 36.9 Å². The predicted octanol–water partition coefficient (Wildman–Crippen LogP) is 3.79. The first kappa shape index (κ1) is 17.3. The zero-order valence-corrected chi connectivity index (χ0v) is 14.8. The maximum Gasteiger partial charge on any atom is 0.220 e. The summed E-state index contributed by atoms with van der Waals surface area (Å²) in [6.07, 6.45) is 0.454. The number of hydrogen-bond donors (Lipinski definition) is 1. The highest BCUT2D eigenvalue weighted by Gasteiger charge is 2.11. The molecule has 1 N–H and O–H groups in total. The molecule has 2 aromatic carbocycles. The minimum absolute atomic E-state index is 0.00548. The van der Waals surface area contributed by atoms with Gasteiger partial charge in [-0.2, -0.15) is 0 Å².